The number of hydrogen-bond acceptors (Lipinski definition) is 6. The van der Waals surface area contributed by atoms with Crippen LogP contribution in [0.3, 0.4) is 0 Å². The highest BCUT2D eigenvalue weighted by atomic mass is 32.1. The van der Waals surface area contributed by atoms with Crippen LogP contribution in [0.4, 0.5) is 21.3 Å². The highest BCUT2D eigenvalue weighted by Crippen LogP contribution is 2.32. The lowest BCUT2D eigenvalue weighted by Crippen LogP contribution is -2.33. The number of thiazole rings is 1. The summed E-state index contributed by atoms with van der Waals surface area (Å²) in [7, 11) is 0. The molecule has 3 rings (SSSR count). The molecular formula is C17H22N4O2S. The zero-order valence-corrected chi connectivity index (χ0v) is 15.0. The van der Waals surface area contributed by atoms with Crippen molar-refractivity contribution < 1.29 is 9.53 Å². The Hall–Kier alpha value is -2.15. The second-order valence-corrected chi connectivity index (χ2v) is 7.59. The second kappa shape index (κ2) is 6.76. The van der Waals surface area contributed by atoms with Crippen molar-refractivity contribution >= 4 is 33.9 Å². The van der Waals surface area contributed by atoms with Crippen LogP contribution in [0.25, 0.3) is 0 Å². The predicted molar refractivity (Wildman–Crippen MR) is 96.2 cm³/mol. The average molecular weight is 346 g/mol. The van der Waals surface area contributed by atoms with Crippen LogP contribution in [0.5, 0.6) is 0 Å². The Bertz CT molecular complexity index is 691. The topological polar surface area (TPSA) is 58.6 Å². The lowest BCUT2D eigenvalue weighted by molar-refractivity contribution is 0.0600. The van der Waals surface area contributed by atoms with Crippen molar-refractivity contribution in [3.63, 3.8) is 0 Å². The van der Waals surface area contributed by atoms with Gasteiger partial charge in [0.1, 0.15) is 16.4 Å². The van der Waals surface area contributed by atoms with Crippen LogP contribution >= 0.6 is 11.3 Å². The molecule has 1 amide bonds. The molecular weight excluding hydrogens is 324 g/mol. The number of anilines is 3. The van der Waals surface area contributed by atoms with Crippen molar-refractivity contribution in [3.05, 3.63) is 30.0 Å². The number of pyridine rings is 1. The zero-order chi connectivity index (χ0) is 17.2. The van der Waals surface area contributed by atoms with Crippen LogP contribution in [-0.2, 0) is 4.74 Å². The molecule has 3 heterocycles. The second-order valence-electron chi connectivity index (χ2n) is 6.72. The number of aromatic nitrogens is 2. The normalized spacial score (nSPS) is 14.7. The van der Waals surface area contributed by atoms with Gasteiger partial charge in [0.2, 0.25) is 0 Å². The van der Waals surface area contributed by atoms with Crippen molar-refractivity contribution in [1.82, 2.24) is 9.97 Å². The van der Waals surface area contributed by atoms with Gasteiger partial charge in [0.15, 0.2) is 0 Å². The maximum atomic E-state index is 12.7. The molecule has 0 bridgehead atoms. The van der Waals surface area contributed by atoms with Gasteiger partial charge in [-0.15, -0.1) is 11.3 Å². The van der Waals surface area contributed by atoms with E-state index in [0.717, 1.165) is 29.6 Å². The zero-order valence-electron chi connectivity index (χ0n) is 14.2. The van der Waals surface area contributed by atoms with Crippen molar-refractivity contribution in [2.24, 2.45) is 0 Å². The molecule has 0 saturated carbocycles. The highest BCUT2D eigenvalue weighted by Gasteiger charge is 2.26. The molecule has 0 N–H and O–H groups in total. The molecule has 0 atom stereocenters. The van der Waals surface area contributed by atoms with Gasteiger partial charge in [-0.3, -0.25) is 4.98 Å². The minimum atomic E-state index is -0.565. The molecule has 0 spiro atoms. The van der Waals surface area contributed by atoms with Crippen LogP contribution in [0.1, 0.15) is 33.6 Å². The Morgan fingerprint density at radius 1 is 1.33 bits per heavy atom. The summed E-state index contributed by atoms with van der Waals surface area (Å²) >= 11 is 1.40. The van der Waals surface area contributed by atoms with Gasteiger partial charge < -0.3 is 9.64 Å². The summed E-state index contributed by atoms with van der Waals surface area (Å²) in [4.78, 5) is 25.1. The quantitative estimate of drug-likeness (QED) is 0.833. The summed E-state index contributed by atoms with van der Waals surface area (Å²) < 4.78 is 5.58. The van der Waals surface area contributed by atoms with E-state index >= 15 is 0 Å². The van der Waals surface area contributed by atoms with E-state index < -0.39 is 11.7 Å². The van der Waals surface area contributed by atoms with Gasteiger partial charge in [-0.25, -0.2) is 14.7 Å². The van der Waals surface area contributed by atoms with E-state index in [2.05, 4.69) is 14.9 Å². The number of rotatable bonds is 3. The maximum absolute atomic E-state index is 12.7. The third-order valence-corrected chi connectivity index (χ3v) is 4.39. The minimum Gasteiger partial charge on any atom is -0.443 e. The molecule has 128 valence electrons. The Morgan fingerprint density at radius 3 is 2.71 bits per heavy atom. The first-order chi connectivity index (χ1) is 11.4. The Kier molecular flexibility index (Phi) is 4.71. The summed E-state index contributed by atoms with van der Waals surface area (Å²) in [5.74, 6) is 0.892. The standard InChI is InChI=1S/C17H22N4O2S/c1-17(2,3)23-16(22)21(15-11-18-12-24-15)13-6-7-19-14(10-13)20-8-4-5-9-20/h6-7,10-12H,4-5,8-9H2,1-3H3. The van der Waals surface area contributed by atoms with E-state index in [1.807, 2.05) is 32.9 Å². The molecule has 24 heavy (non-hydrogen) atoms. The van der Waals surface area contributed by atoms with Crippen LogP contribution in [-0.4, -0.2) is 34.8 Å². The highest BCUT2D eigenvalue weighted by molar-refractivity contribution is 7.14. The van der Waals surface area contributed by atoms with E-state index in [-0.39, 0.29) is 0 Å². The predicted octanol–water partition coefficient (Wildman–Crippen LogP) is 4.21. The fourth-order valence-electron chi connectivity index (χ4n) is 2.62. The molecule has 1 aliphatic heterocycles. The molecule has 2 aromatic rings. The first-order valence-corrected chi connectivity index (χ1v) is 8.94. The molecule has 7 heteroatoms. The Balaban J connectivity index is 1.93. The van der Waals surface area contributed by atoms with Crippen molar-refractivity contribution in [1.29, 1.82) is 0 Å². The van der Waals surface area contributed by atoms with Gasteiger partial charge in [0.05, 0.1) is 17.4 Å². The molecule has 1 fully saturated rings. The van der Waals surface area contributed by atoms with E-state index in [1.165, 1.54) is 24.2 Å². The third-order valence-electron chi connectivity index (χ3n) is 3.63. The summed E-state index contributed by atoms with van der Waals surface area (Å²) in [6.07, 6.45) is 5.35. The molecule has 1 aliphatic rings. The third kappa shape index (κ3) is 3.84. The lowest BCUT2D eigenvalue weighted by atomic mass is 10.2. The first-order valence-electron chi connectivity index (χ1n) is 8.07. The SMILES string of the molecule is CC(C)(C)OC(=O)N(c1ccnc(N2CCCC2)c1)c1cncs1. The van der Waals surface area contributed by atoms with Gasteiger partial charge in [0.25, 0.3) is 0 Å². The monoisotopic (exact) mass is 346 g/mol. The number of ether oxygens (including phenoxy) is 1. The maximum Gasteiger partial charge on any atom is 0.420 e. The number of nitrogens with zero attached hydrogens (tertiary/aromatic N) is 4. The lowest BCUT2D eigenvalue weighted by Gasteiger charge is -2.27. The van der Waals surface area contributed by atoms with Gasteiger partial charge in [-0.2, -0.15) is 0 Å². The number of carbonyl (C=O) groups is 1. The Morgan fingerprint density at radius 2 is 2.08 bits per heavy atom. The first kappa shape index (κ1) is 16.7. The molecule has 6 nitrogen and oxygen atoms in total. The molecule has 2 aromatic heterocycles. The fraction of sp³-hybridized carbons (Fsp3) is 0.471. The van der Waals surface area contributed by atoms with Gasteiger partial charge in [-0.1, -0.05) is 0 Å². The van der Waals surface area contributed by atoms with E-state index in [0.29, 0.717) is 0 Å². The van der Waals surface area contributed by atoms with Crippen LogP contribution in [0, 0.1) is 0 Å². The fourth-order valence-corrected chi connectivity index (χ4v) is 3.25. The summed E-state index contributed by atoms with van der Waals surface area (Å²) in [6, 6.07) is 3.76. The van der Waals surface area contributed by atoms with Crippen LogP contribution in [0.2, 0.25) is 0 Å². The summed E-state index contributed by atoms with van der Waals surface area (Å²) in [5.41, 5.74) is 1.88. The van der Waals surface area contributed by atoms with Crippen molar-refractivity contribution in [3.8, 4) is 0 Å². The van der Waals surface area contributed by atoms with E-state index in [9.17, 15) is 4.79 Å². The van der Waals surface area contributed by atoms with E-state index in [4.69, 9.17) is 4.74 Å². The molecule has 0 radical (unpaired) electrons. The summed E-state index contributed by atoms with van der Waals surface area (Å²) in [5, 5.41) is 0.725. The average Bonchev–Trinajstić information content (AvgIpc) is 3.19. The smallest absolute Gasteiger partial charge is 0.420 e. The number of amides is 1. The van der Waals surface area contributed by atoms with Crippen molar-refractivity contribution in [2.75, 3.05) is 22.9 Å². The van der Waals surface area contributed by atoms with Crippen LogP contribution in [0.15, 0.2) is 30.0 Å². The molecule has 0 aromatic carbocycles. The van der Waals surface area contributed by atoms with Gasteiger partial charge in [0, 0.05) is 25.4 Å². The molecule has 0 aliphatic carbocycles. The van der Waals surface area contributed by atoms with Gasteiger partial charge >= 0.3 is 6.09 Å². The summed E-state index contributed by atoms with van der Waals surface area (Å²) in [6.45, 7) is 7.58. The van der Waals surface area contributed by atoms with Gasteiger partial charge in [-0.05, 0) is 39.7 Å². The minimum absolute atomic E-state index is 0.412. The largest absolute Gasteiger partial charge is 0.443 e. The number of carbonyl (C=O) groups excluding carboxylic acids is 1. The number of hydrogen-bond donors (Lipinski definition) is 0. The molecule has 1 saturated heterocycles. The van der Waals surface area contributed by atoms with Crippen LogP contribution < -0.4 is 9.80 Å². The molecule has 0 unspecified atom stereocenters. The van der Waals surface area contributed by atoms with E-state index in [1.54, 1.807) is 22.8 Å². The van der Waals surface area contributed by atoms with Crippen molar-refractivity contribution in [2.45, 2.75) is 39.2 Å². The Labute approximate surface area is 146 Å².